The molecular weight excluding hydrogens is 300 g/mol. The van der Waals surface area contributed by atoms with Gasteiger partial charge in [0.2, 0.25) is 0 Å². The monoisotopic (exact) mass is 342 g/mol. The van der Waals surface area contributed by atoms with E-state index in [1.165, 1.54) is 70.3 Å². The van der Waals surface area contributed by atoms with Gasteiger partial charge in [-0.1, -0.05) is 72.1 Å². The van der Waals surface area contributed by atoms with Crippen LogP contribution in [0, 0.1) is 23.7 Å². The Morgan fingerprint density at radius 2 is 1.52 bits per heavy atom. The van der Waals surface area contributed by atoms with Gasteiger partial charge in [-0.05, 0) is 42.6 Å². The molecule has 1 saturated carbocycles. The molecule has 23 heavy (non-hydrogen) atoms. The SMILES string of the molecule is CO[SiH](CCCCCCCCC1CC(C)CCC1C(C)C)OC. The van der Waals surface area contributed by atoms with Gasteiger partial charge in [-0.2, -0.15) is 0 Å². The molecule has 1 fully saturated rings. The molecule has 0 aromatic heterocycles. The van der Waals surface area contributed by atoms with Gasteiger partial charge in [0.05, 0.1) is 0 Å². The number of unbranched alkanes of at least 4 members (excludes halogenated alkanes) is 5. The van der Waals surface area contributed by atoms with E-state index >= 15 is 0 Å². The van der Waals surface area contributed by atoms with E-state index in [-0.39, 0.29) is 0 Å². The lowest BCUT2D eigenvalue weighted by molar-refractivity contribution is 0.133. The molecule has 1 aliphatic rings. The van der Waals surface area contributed by atoms with Crippen LogP contribution in [0.2, 0.25) is 6.04 Å². The third kappa shape index (κ3) is 8.69. The standard InChI is InChI=1S/C20H42O2Si/c1-17(2)20-14-13-18(3)16-19(20)12-10-8-6-7-9-11-15-23(21-4)22-5/h17-20,23H,6-16H2,1-5H3. The van der Waals surface area contributed by atoms with Crippen molar-refractivity contribution in [3.63, 3.8) is 0 Å². The maximum atomic E-state index is 5.37. The van der Waals surface area contributed by atoms with Gasteiger partial charge in [-0.15, -0.1) is 0 Å². The highest BCUT2D eigenvalue weighted by Gasteiger charge is 2.29. The molecule has 0 aliphatic heterocycles. The Labute approximate surface area is 147 Å². The van der Waals surface area contributed by atoms with Crippen LogP contribution in [0.15, 0.2) is 0 Å². The topological polar surface area (TPSA) is 18.5 Å². The fraction of sp³-hybridized carbons (Fsp3) is 1.00. The largest absolute Gasteiger partial charge is 0.400 e. The quantitative estimate of drug-likeness (QED) is 0.323. The molecule has 0 aromatic carbocycles. The molecule has 0 radical (unpaired) electrons. The molecule has 3 atom stereocenters. The Bertz CT molecular complexity index is 279. The highest BCUT2D eigenvalue weighted by Crippen LogP contribution is 2.40. The van der Waals surface area contributed by atoms with Crippen molar-refractivity contribution in [2.24, 2.45) is 23.7 Å². The Balaban J connectivity index is 2.05. The first kappa shape index (κ1) is 21.2. The molecule has 0 heterocycles. The van der Waals surface area contributed by atoms with E-state index in [2.05, 4.69) is 20.8 Å². The molecule has 0 N–H and O–H groups in total. The van der Waals surface area contributed by atoms with Gasteiger partial charge in [0.25, 0.3) is 0 Å². The van der Waals surface area contributed by atoms with Gasteiger partial charge < -0.3 is 8.85 Å². The first-order valence-corrected chi connectivity index (χ1v) is 11.9. The predicted molar refractivity (Wildman–Crippen MR) is 103 cm³/mol. The fourth-order valence-electron chi connectivity index (χ4n) is 4.49. The van der Waals surface area contributed by atoms with Crippen molar-refractivity contribution >= 4 is 9.28 Å². The minimum Gasteiger partial charge on any atom is -0.400 e. The molecule has 0 saturated heterocycles. The first-order chi connectivity index (χ1) is 11.1. The van der Waals surface area contributed by atoms with E-state index in [0.717, 1.165) is 23.7 Å². The van der Waals surface area contributed by atoms with Crippen LogP contribution in [0.25, 0.3) is 0 Å². The molecule has 0 bridgehead atoms. The Hall–Kier alpha value is 0.137. The average molecular weight is 343 g/mol. The molecule has 3 heteroatoms. The molecule has 138 valence electrons. The van der Waals surface area contributed by atoms with Gasteiger partial charge in [0.15, 0.2) is 0 Å². The molecule has 3 unspecified atom stereocenters. The Morgan fingerprint density at radius 1 is 0.913 bits per heavy atom. The highest BCUT2D eigenvalue weighted by atomic mass is 28.3. The van der Waals surface area contributed by atoms with E-state index in [4.69, 9.17) is 8.85 Å². The zero-order chi connectivity index (χ0) is 17.1. The van der Waals surface area contributed by atoms with Crippen LogP contribution in [-0.4, -0.2) is 23.5 Å². The van der Waals surface area contributed by atoms with Crippen molar-refractivity contribution in [2.75, 3.05) is 14.2 Å². The van der Waals surface area contributed by atoms with Gasteiger partial charge >= 0.3 is 9.28 Å². The predicted octanol–water partition coefficient (Wildman–Crippen LogP) is 5.94. The molecule has 0 amide bonds. The van der Waals surface area contributed by atoms with Crippen LogP contribution in [0.5, 0.6) is 0 Å². The lowest BCUT2D eigenvalue weighted by Crippen LogP contribution is -2.27. The third-order valence-electron chi connectivity index (χ3n) is 5.95. The average Bonchev–Trinajstić information content (AvgIpc) is 2.53. The van der Waals surface area contributed by atoms with E-state index in [1.807, 2.05) is 0 Å². The van der Waals surface area contributed by atoms with Crippen molar-refractivity contribution in [3.8, 4) is 0 Å². The molecule has 1 aliphatic carbocycles. The van der Waals surface area contributed by atoms with Gasteiger partial charge in [-0.25, -0.2) is 0 Å². The van der Waals surface area contributed by atoms with E-state index in [0.29, 0.717) is 0 Å². The fourth-order valence-corrected chi connectivity index (χ4v) is 5.77. The van der Waals surface area contributed by atoms with E-state index in [1.54, 1.807) is 14.2 Å². The maximum absolute atomic E-state index is 5.37. The highest BCUT2D eigenvalue weighted by molar-refractivity contribution is 6.44. The number of hydrogen-bond acceptors (Lipinski definition) is 2. The molecule has 0 spiro atoms. The van der Waals surface area contributed by atoms with Crippen LogP contribution in [0.4, 0.5) is 0 Å². The summed E-state index contributed by atoms with van der Waals surface area (Å²) in [6, 6.07) is 1.17. The molecule has 0 aromatic rings. The Kier molecular flexibility index (Phi) is 11.5. The van der Waals surface area contributed by atoms with Crippen molar-refractivity contribution in [3.05, 3.63) is 0 Å². The van der Waals surface area contributed by atoms with E-state index < -0.39 is 9.28 Å². The van der Waals surface area contributed by atoms with Crippen LogP contribution in [-0.2, 0) is 8.85 Å². The maximum Gasteiger partial charge on any atom is 0.320 e. The van der Waals surface area contributed by atoms with Crippen molar-refractivity contribution in [2.45, 2.75) is 91.0 Å². The first-order valence-electron chi connectivity index (χ1n) is 10.1. The summed E-state index contributed by atoms with van der Waals surface area (Å²) < 4.78 is 10.7. The summed E-state index contributed by atoms with van der Waals surface area (Å²) in [7, 11) is 2.28. The van der Waals surface area contributed by atoms with Crippen molar-refractivity contribution in [1.82, 2.24) is 0 Å². The van der Waals surface area contributed by atoms with Gasteiger partial charge in [0, 0.05) is 14.2 Å². The summed E-state index contributed by atoms with van der Waals surface area (Å²) in [5, 5.41) is 0. The molecule has 2 nitrogen and oxygen atoms in total. The molecule has 1 rings (SSSR count). The van der Waals surface area contributed by atoms with Crippen molar-refractivity contribution in [1.29, 1.82) is 0 Å². The smallest absolute Gasteiger partial charge is 0.320 e. The normalized spacial score (nSPS) is 25.4. The van der Waals surface area contributed by atoms with E-state index in [9.17, 15) is 0 Å². The lowest BCUT2D eigenvalue weighted by atomic mass is 9.68. The van der Waals surface area contributed by atoms with Gasteiger partial charge in [-0.3, -0.25) is 0 Å². The third-order valence-corrected chi connectivity index (χ3v) is 7.88. The summed E-state index contributed by atoms with van der Waals surface area (Å²) in [6.07, 6.45) is 14.3. The zero-order valence-electron chi connectivity index (χ0n) is 16.5. The summed E-state index contributed by atoms with van der Waals surface area (Å²) in [4.78, 5) is 0. The summed E-state index contributed by atoms with van der Waals surface area (Å²) in [6.45, 7) is 7.33. The van der Waals surface area contributed by atoms with Gasteiger partial charge in [0.1, 0.15) is 0 Å². The number of rotatable bonds is 12. The molecular formula is C20H42O2Si. The minimum atomic E-state index is -1.30. The van der Waals surface area contributed by atoms with Crippen LogP contribution >= 0.6 is 0 Å². The second kappa shape index (κ2) is 12.5. The zero-order valence-corrected chi connectivity index (χ0v) is 17.6. The van der Waals surface area contributed by atoms with Crippen LogP contribution < -0.4 is 0 Å². The lowest BCUT2D eigenvalue weighted by Gasteiger charge is -2.37. The summed E-state index contributed by atoms with van der Waals surface area (Å²) in [5.74, 6) is 3.85. The number of hydrogen-bond donors (Lipinski definition) is 0. The summed E-state index contributed by atoms with van der Waals surface area (Å²) >= 11 is 0. The minimum absolute atomic E-state index is 0.881. The Morgan fingerprint density at radius 3 is 2.13 bits per heavy atom. The second-order valence-corrected chi connectivity index (χ2v) is 10.6. The summed E-state index contributed by atoms with van der Waals surface area (Å²) in [5.41, 5.74) is 0. The van der Waals surface area contributed by atoms with Crippen LogP contribution in [0.3, 0.4) is 0 Å². The van der Waals surface area contributed by atoms with Crippen LogP contribution in [0.1, 0.15) is 85.0 Å². The van der Waals surface area contributed by atoms with Crippen molar-refractivity contribution < 1.29 is 8.85 Å². The second-order valence-electron chi connectivity index (χ2n) is 8.19.